The van der Waals surface area contributed by atoms with Crippen molar-refractivity contribution in [2.45, 2.75) is 38.6 Å². The second-order valence-corrected chi connectivity index (χ2v) is 5.18. The zero-order valence-corrected chi connectivity index (χ0v) is 10.7. The summed E-state index contributed by atoms with van der Waals surface area (Å²) >= 11 is 0. The molecule has 0 aromatic carbocycles. The Hall–Kier alpha value is -0.120. The van der Waals surface area contributed by atoms with Gasteiger partial charge in [0.15, 0.2) is 0 Å². The van der Waals surface area contributed by atoms with Crippen molar-refractivity contribution in [3.8, 4) is 0 Å². The Morgan fingerprint density at radius 1 is 1.25 bits per heavy atom. The lowest BCUT2D eigenvalue weighted by Crippen LogP contribution is -2.48. The van der Waals surface area contributed by atoms with Gasteiger partial charge in [-0.3, -0.25) is 4.90 Å². The quantitative estimate of drug-likeness (QED) is 0.757. The second-order valence-electron chi connectivity index (χ2n) is 5.18. The molecule has 0 unspecified atom stereocenters. The van der Waals surface area contributed by atoms with Gasteiger partial charge in [-0.1, -0.05) is 6.92 Å². The molecule has 94 valence electrons. The summed E-state index contributed by atoms with van der Waals surface area (Å²) < 4.78 is 0. The Morgan fingerprint density at radius 2 is 2.06 bits per heavy atom. The molecule has 2 rings (SSSR count). The number of piperidine rings is 1. The number of nitrogens with zero attached hydrogens (tertiary/aromatic N) is 2. The van der Waals surface area contributed by atoms with Gasteiger partial charge < -0.3 is 10.2 Å². The number of hydrogen-bond donors (Lipinski definition) is 1. The average Bonchev–Trinajstić information content (AvgIpc) is 2.84. The Balaban J connectivity index is 1.70. The largest absolute Gasteiger partial charge is 0.315 e. The van der Waals surface area contributed by atoms with Crippen molar-refractivity contribution in [2.75, 3.05) is 45.8 Å². The van der Waals surface area contributed by atoms with E-state index in [1.54, 1.807) is 0 Å². The van der Waals surface area contributed by atoms with E-state index in [2.05, 4.69) is 22.0 Å². The van der Waals surface area contributed by atoms with Gasteiger partial charge in [-0.05, 0) is 51.9 Å². The minimum atomic E-state index is 0.793. The maximum atomic E-state index is 3.52. The molecule has 3 nitrogen and oxygen atoms in total. The monoisotopic (exact) mass is 225 g/mol. The highest BCUT2D eigenvalue weighted by atomic mass is 15.2. The third kappa shape index (κ3) is 3.44. The molecule has 1 atom stereocenters. The van der Waals surface area contributed by atoms with Crippen molar-refractivity contribution in [3.05, 3.63) is 0 Å². The molecule has 2 aliphatic heterocycles. The number of nitrogens with one attached hydrogen (secondary N) is 1. The van der Waals surface area contributed by atoms with E-state index in [0.717, 1.165) is 6.04 Å². The fourth-order valence-corrected chi connectivity index (χ4v) is 3.02. The van der Waals surface area contributed by atoms with Crippen LogP contribution in [0.2, 0.25) is 0 Å². The Kier molecular flexibility index (Phi) is 5.07. The number of rotatable bonds is 5. The Bertz CT molecular complexity index is 184. The third-order valence-corrected chi connectivity index (χ3v) is 4.10. The van der Waals surface area contributed by atoms with Crippen LogP contribution >= 0.6 is 0 Å². The van der Waals surface area contributed by atoms with Gasteiger partial charge in [-0.2, -0.15) is 0 Å². The molecule has 0 radical (unpaired) electrons. The van der Waals surface area contributed by atoms with Crippen molar-refractivity contribution in [2.24, 2.45) is 0 Å². The molecule has 16 heavy (non-hydrogen) atoms. The fourth-order valence-electron chi connectivity index (χ4n) is 3.02. The van der Waals surface area contributed by atoms with E-state index in [1.165, 1.54) is 71.5 Å². The summed E-state index contributed by atoms with van der Waals surface area (Å²) in [7, 11) is 0. The summed E-state index contributed by atoms with van der Waals surface area (Å²) in [6, 6.07) is 0.793. The molecule has 2 saturated heterocycles. The molecule has 0 amide bonds. The van der Waals surface area contributed by atoms with Gasteiger partial charge in [0, 0.05) is 25.7 Å². The first kappa shape index (κ1) is 12.3. The van der Waals surface area contributed by atoms with Crippen LogP contribution in [0.15, 0.2) is 0 Å². The van der Waals surface area contributed by atoms with Crippen LogP contribution in [0.3, 0.4) is 0 Å². The summed E-state index contributed by atoms with van der Waals surface area (Å²) in [6.07, 6.45) is 5.57. The highest BCUT2D eigenvalue weighted by Crippen LogP contribution is 2.11. The van der Waals surface area contributed by atoms with Crippen LogP contribution in [0.5, 0.6) is 0 Å². The normalized spacial score (nSPS) is 27.8. The minimum Gasteiger partial charge on any atom is -0.315 e. The van der Waals surface area contributed by atoms with E-state index in [-0.39, 0.29) is 0 Å². The van der Waals surface area contributed by atoms with Gasteiger partial charge in [0.05, 0.1) is 0 Å². The molecule has 0 aromatic heterocycles. The standard InChI is InChI=1S/C13H27N3/c1-2-16(13-6-5-7-14-12-13)11-10-15-8-3-4-9-15/h13-14H,2-12H2,1H3/t13-/m1/s1. The first-order valence-corrected chi connectivity index (χ1v) is 7.07. The van der Waals surface area contributed by atoms with E-state index < -0.39 is 0 Å². The van der Waals surface area contributed by atoms with Crippen molar-refractivity contribution < 1.29 is 0 Å². The molecule has 0 spiro atoms. The van der Waals surface area contributed by atoms with Gasteiger partial charge >= 0.3 is 0 Å². The number of hydrogen-bond acceptors (Lipinski definition) is 3. The SMILES string of the molecule is CCN(CCN1CCCC1)[C@@H]1CCCNC1. The van der Waals surface area contributed by atoms with Gasteiger partial charge in [0.1, 0.15) is 0 Å². The van der Waals surface area contributed by atoms with Crippen molar-refractivity contribution in [3.63, 3.8) is 0 Å². The van der Waals surface area contributed by atoms with Gasteiger partial charge in [-0.25, -0.2) is 0 Å². The van der Waals surface area contributed by atoms with E-state index >= 15 is 0 Å². The Morgan fingerprint density at radius 3 is 2.69 bits per heavy atom. The summed E-state index contributed by atoms with van der Waals surface area (Å²) in [5, 5.41) is 3.52. The lowest BCUT2D eigenvalue weighted by molar-refractivity contribution is 0.154. The molecule has 0 saturated carbocycles. The predicted molar refractivity (Wildman–Crippen MR) is 68.8 cm³/mol. The first-order chi connectivity index (χ1) is 7.90. The molecular formula is C13H27N3. The molecule has 0 bridgehead atoms. The van der Waals surface area contributed by atoms with E-state index in [1.807, 2.05) is 0 Å². The summed E-state index contributed by atoms with van der Waals surface area (Å²) in [6.45, 7) is 11.2. The van der Waals surface area contributed by atoms with Gasteiger partial charge in [0.25, 0.3) is 0 Å². The van der Waals surface area contributed by atoms with Crippen LogP contribution in [-0.2, 0) is 0 Å². The zero-order chi connectivity index (χ0) is 11.2. The molecule has 0 aliphatic carbocycles. The van der Waals surface area contributed by atoms with Crippen LogP contribution in [0.4, 0.5) is 0 Å². The molecular weight excluding hydrogens is 198 g/mol. The number of likely N-dealkylation sites (N-methyl/N-ethyl adjacent to an activating group) is 1. The zero-order valence-electron chi connectivity index (χ0n) is 10.7. The predicted octanol–water partition coefficient (Wildman–Crippen LogP) is 1.16. The maximum absolute atomic E-state index is 3.52. The Labute approximate surface area is 100 Å². The highest BCUT2D eigenvalue weighted by molar-refractivity contribution is 4.79. The number of likely N-dealkylation sites (tertiary alicyclic amines) is 1. The van der Waals surface area contributed by atoms with E-state index in [0.29, 0.717) is 0 Å². The average molecular weight is 225 g/mol. The first-order valence-electron chi connectivity index (χ1n) is 7.07. The van der Waals surface area contributed by atoms with E-state index in [4.69, 9.17) is 0 Å². The minimum absolute atomic E-state index is 0.793. The maximum Gasteiger partial charge on any atom is 0.0221 e. The topological polar surface area (TPSA) is 18.5 Å². The van der Waals surface area contributed by atoms with Crippen molar-refractivity contribution in [1.82, 2.24) is 15.1 Å². The van der Waals surface area contributed by atoms with Gasteiger partial charge in [0.2, 0.25) is 0 Å². The summed E-state index contributed by atoms with van der Waals surface area (Å²) in [5.41, 5.74) is 0. The van der Waals surface area contributed by atoms with Crippen molar-refractivity contribution in [1.29, 1.82) is 0 Å². The molecule has 0 aromatic rings. The lowest BCUT2D eigenvalue weighted by Gasteiger charge is -2.34. The molecule has 2 heterocycles. The van der Waals surface area contributed by atoms with Crippen LogP contribution in [-0.4, -0.2) is 61.7 Å². The lowest BCUT2D eigenvalue weighted by atomic mass is 10.1. The molecule has 2 aliphatic rings. The molecule has 2 fully saturated rings. The van der Waals surface area contributed by atoms with Gasteiger partial charge in [-0.15, -0.1) is 0 Å². The highest BCUT2D eigenvalue weighted by Gasteiger charge is 2.20. The van der Waals surface area contributed by atoms with Crippen LogP contribution in [0.1, 0.15) is 32.6 Å². The molecule has 1 N–H and O–H groups in total. The fraction of sp³-hybridized carbons (Fsp3) is 1.00. The van der Waals surface area contributed by atoms with E-state index in [9.17, 15) is 0 Å². The third-order valence-electron chi connectivity index (χ3n) is 4.10. The summed E-state index contributed by atoms with van der Waals surface area (Å²) in [5.74, 6) is 0. The van der Waals surface area contributed by atoms with Crippen LogP contribution in [0.25, 0.3) is 0 Å². The smallest absolute Gasteiger partial charge is 0.0221 e. The molecule has 3 heteroatoms. The van der Waals surface area contributed by atoms with Crippen molar-refractivity contribution >= 4 is 0 Å². The second kappa shape index (κ2) is 6.58. The van der Waals surface area contributed by atoms with Crippen LogP contribution in [0, 0.1) is 0 Å². The summed E-state index contributed by atoms with van der Waals surface area (Å²) in [4.78, 5) is 5.30. The van der Waals surface area contributed by atoms with Crippen LogP contribution < -0.4 is 5.32 Å².